The molecule has 0 aliphatic carbocycles. The van der Waals surface area contributed by atoms with Crippen LogP contribution in [-0.4, -0.2) is 371 Å². The van der Waals surface area contributed by atoms with Gasteiger partial charge in [-0.3, -0.25) is 58.1 Å². The number of unbranched alkanes of at least 4 members (excludes halogenated alkanes) is 8. The lowest BCUT2D eigenvalue weighted by molar-refractivity contribution is -0.142. The van der Waals surface area contributed by atoms with E-state index in [0.717, 1.165) is 76.6 Å². The van der Waals surface area contributed by atoms with Crippen LogP contribution >= 0.6 is 0 Å². The maximum absolute atomic E-state index is 12.4. The van der Waals surface area contributed by atoms with E-state index in [-0.39, 0.29) is 96.8 Å². The molecule has 2 atom stereocenters. The highest BCUT2D eigenvalue weighted by atomic mass is 16.6. The summed E-state index contributed by atoms with van der Waals surface area (Å²) >= 11 is 0. The summed E-state index contributed by atoms with van der Waals surface area (Å²) < 4.78 is 44.2. The lowest BCUT2D eigenvalue weighted by atomic mass is 10.0. The second-order valence-corrected chi connectivity index (χ2v) is 25.6. The van der Waals surface area contributed by atoms with Crippen LogP contribution in [-0.2, 0) is 82.7 Å². The van der Waals surface area contributed by atoms with E-state index in [2.05, 4.69) is 36.4 Å². The van der Waals surface area contributed by atoms with E-state index >= 15 is 0 Å². The van der Waals surface area contributed by atoms with Crippen LogP contribution in [0.25, 0.3) is 0 Å². The highest BCUT2D eigenvalue weighted by Gasteiger charge is 2.29. The van der Waals surface area contributed by atoms with Crippen molar-refractivity contribution >= 4 is 77.3 Å². The predicted octanol–water partition coefficient (Wildman–Crippen LogP) is 0.862. The van der Waals surface area contributed by atoms with Gasteiger partial charge in [0.05, 0.1) is 138 Å². The summed E-state index contributed by atoms with van der Waals surface area (Å²) in [6.07, 6.45) is 9.97. The zero-order valence-corrected chi connectivity index (χ0v) is 61.7. The number of aromatic nitrogens is 3. The smallest absolute Gasteiger partial charge is 0.326 e. The summed E-state index contributed by atoms with van der Waals surface area (Å²) in [6, 6.07) is 4.82. The van der Waals surface area contributed by atoms with Crippen LogP contribution in [0.3, 0.4) is 0 Å². The van der Waals surface area contributed by atoms with Crippen molar-refractivity contribution in [3.05, 3.63) is 29.8 Å². The lowest BCUT2D eigenvalue weighted by Gasteiger charge is -2.37. The molecule has 4 rings (SSSR count). The molecule has 107 heavy (non-hydrogen) atoms. The first-order valence-electron chi connectivity index (χ1n) is 36.9. The Morgan fingerprint density at radius 2 is 0.897 bits per heavy atom. The average molecular weight is 1530 g/mol. The van der Waals surface area contributed by atoms with Crippen LogP contribution in [0.4, 0.5) is 28.3 Å². The number of carbonyl (C=O) groups is 9. The number of carboxylic acid groups (broad SMARTS) is 7. The Labute approximate surface area is 624 Å². The number of carboxylic acids is 7. The fourth-order valence-electron chi connectivity index (χ4n) is 11.4. The van der Waals surface area contributed by atoms with E-state index < -0.39 is 73.0 Å². The Balaban J connectivity index is 1.24. The molecule has 606 valence electrons. The van der Waals surface area contributed by atoms with Gasteiger partial charge < -0.3 is 105 Å². The maximum atomic E-state index is 12.4. The summed E-state index contributed by atoms with van der Waals surface area (Å²) in [4.78, 5) is 131. The number of urea groups is 1. The zero-order chi connectivity index (χ0) is 77.5. The van der Waals surface area contributed by atoms with Gasteiger partial charge in [0.15, 0.2) is 0 Å². The highest BCUT2D eigenvalue weighted by Crippen LogP contribution is 2.22. The molecule has 2 saturated heterocycles. The summed E-state index contributed by atoms with van der Waals surface area (Å²) in [5.74, 6) is -6.74. The van der Waals surface area contributed by atoms with E-state index in [1.54, 1.807) is 19.6 Å². The van der Waals surface area contributed by atoms with E-state index in [4.69, 9.17) is 63.1 Å². The van der Waals surface area contributed by atoms with E-state index in [1.165, 1.54) is 0 Å². The fourth-order valence-corrected chi connectivity index (χ4v) is 11.4. The molecule has 2 aromatic rings. The first-order chi connectivity index (χ1) is 51.7. The molecule has 0 bridgehead atoms. The number of nitrogens with zero attached hydrogens (tertiary/aromatic N) is 9. The molecule has 2 aliphatic heterocycles. The number of rotatable bonds is 61. The maximum Gasteiger partial charge on any atom is 0.326 e. The Kier molecular flexibility index (Phi) is 49.0. The minimum atomic E-state index is -1.25. The monoisotopic (exact) mass is 1520 g/mol. The Bertz CT molecular complexity index is 2850. The third-order valence-corrected chi connectivity index (χ3v) is 17.0. The van der Waals surface area contributed by atoms with Crippen molar-refractivity contribution in [2.45, 2.75) is 102 Å². The second-order valence-electron chi connectivity index (χ2n) is 25.6. The molecule has 0 spiro atoms. The lowest BCUT2D eigenvalue weighted by Crippen LogP contribution is -2.53. The Morgan fingerprint density at radius 1 is 0.430 bits per heavy atom. The summed E-state index contributed by atoms with van der Waals surface area (Å²) in [5, 5.41) is 79.9. The van der Waals surface area contributed by atoms with Crippen molar-refractivity contribution in [3.8, 4) is 0 Å². The van der Waals surface area contributed by atoms with Crippen LogP contribution < -0.4 is 31.5 Å². The number of benzene rings is 1. The van der Waals surface area contributed by atoms with Gasteiger partial charge in [0, 0.05) is 103 Å². The van der Waals surface area contributed by atoms with E-state index in [9.17, 15) is 68.7 Å². The molecule has 1 aromatic heterocycles. The first-order valence-corrected chi connectivity index (χ1v) is 36.9. The van der Waals surface area contributed by atoms with Gasteiger partial charge in [-0.05, 0) is 62.8 Å². The molecule has 3 amide bonds. The van der Waals surface area contributed by atoms with Gasteiger partial charge in [-0.15, -0.1) is 0 Å². The van der Waals surface area contributed by atoms with Gasteiger partial charge in [-0.1, -0.05) is 50.7 Å². The molecular weight excluding hydrogens is 1410 g/mol. The summed E-state index contributed by atoms with van der Waals surface area (Å²) in [7, 11) is 0. The molecule has 0 radical (unpaired) electrons. The van der Waals surface area contributed by atoms with Gasteiger partial charge in [0.2, 0.25) is 23.8 Å². The SMILES string of the molecule is O=C(O)CCOCCOCCOCCOCCOCCOCCOCCOCCNc1nc(Nc2ccc(CC3CN(CC(=O)O)CCN(CC(=O)O)CCN(CC(=O)O)CCN3CC(=O)O)cc2)nc(N2CCN(CCCCCCCCCCC(=O)NCCCC[C@H](NC(=O)NCC(=O)O)C(=O)O)CC2)n1. The van der Waals surface area contributed by atoms with Crippen molar-refractivity contribution in [2.75, 3.05) is 246 Å². The molecule has 3 heterocycles. The van der Waals surface area contributed by atoms with Crippen molar-refractivity contribution < 1.29 is 117 Å². The van der Waals surface area contributed by atoms with Crippen molar-refractivity contribution in [1.29, 1.82) is 0 Å². The quantitative estimate of drug-likeness (QED) is 0.0409. The third-order valence-electron chi connectivity index (χ3n) is 17.0. The fraction of sp³-hybridized carbons (Fsp3) is 0.739. The Hall–Kier alpha value is -7.86. The molecule has 12 N–H and O–H groups in total. The van der Waals surface area contributed by atoms with Crippen LogP contribution in [0.5, 0.6) is 0 Å². The number of amides is 3. The number of aliphatic carboxylic acids is 7. The molecule has 2 aliphatic rings. The number of carbonyl (C=O) groups excluding carboxylic acids is 2. The zero-order valence-electron chi connectivity index (χ0n) is 61.7. The number of anilines is 4. The molecule has 1 unspecified atom stereocenters. The molecule has 38 heteroatoms. The minimum Gasteiger partial charge on any atom is -0.481 e. The molecule has 0 saturated carbocycles. The van der Waals surface area contributed by atoms with Gasteiger partial charge in [0.1, 0.15) is 12.6 Å². The van der Waals surface area contributed by atoms with Gasteiger partial charge in [-0.25, -0.2) is 9.59 Å². The predicted molar refractivity (Wildman–Crippen MR) is 388 cm³/mol. The van der Waals surface area contributed by atoms with Crippen molar-refractivity contribution in [1.82, 2.24) is 55.4 Å². The number of nitrogens with one attached hydrogen (secondary N) is 5. The van der Waals surface area contributed by atoms with Gasteiger partial charge in [0.25, 0.3) is 0 Å². The number of hydrogen-bond acceptors (Lipinski definition) is 28. The largest absolute Gasteiger partial charge is 0.481 e. The van der Waals surface area contributed by atoms with E-state index in [1.807, 2.05) is 24.3 Å². The minimum absolute atomic E-state index is 0.0391. The summed E-state index contributed by atoms with van der Waals surface area (Å²) in [6.45, 7) is 9.66. The topological polar surface area (TPSA) is 487 Å². The van der Waals surface area contributed by atoms with Crippen molar-refractivity contribution in [2.24, 2.45) is 0 Å². The van der Waals surface area contributed by atoms with Crippen LogP contribution in [0.1, 0.15) is 89.0 Å². The average Bonchev–Trinajstić information content (AvgIpc) is 0.827. The van der Waals surface area contributed by atoms with Crippen LogP contribution in [0, 0.1) is 0 Å². The third kappa shape index (κ3) is 46.9. The second kappa shape index (κ2) is 57.3. The molecule has 2 fully saturated rings. The standard InChI is InChI=1S/C69H116N14O24/c84-58(70-18-9-8-11-57(65(97)98)74-69(99)72-48-60(87)88)12-7-5-3-1-2-4-6-10-20-78-25-28-82(29-26-78)68-76-66(71-19-32-101-34-36-103-38-40-105-42-44-107-46-45-106-43-41-104-39-37-102-35-33-100-31-17-59(85)86)75-67(77-68)73-55-15-13-54(14-16-55)47-56-49-81(52-63(93)94)24-23-79(50-61(89)90)21-22-80(51-62(91)92)27-30-83(56)53-64(95)96/h13-16,56-57H,1-12,17-53H2,(H,70,84)(H,85,86)(H,87,88)(H,89,90)(H,91,92)(H,93,94)(H,95,96)(H,97,98)(H2,72,74,99)(H2,71,73,75,76,77)/t56?,57-/m0/s1. The molecule has 1 aromatic carbocycles. The van der Waals surface area contributed by atoms with Crippen LogP contribution in [0.2, 0.25) is 0 Å². The van der Waals surface area contributed by atoms with Crippen LogP contribution in [0.15, 0.2) is 24.3 Å². The highest BCUT2D eigenvalue weighted by molar-refractivity contribution is 5.84. The first kappa shape index (κ1) is 91.5. The van der Waals surface area contributed by atoms with Crippen molar-refractivity contribution in [3.63, 3.8) is 0 Å². The van der Waals surface area contributed by atoms with E-state index in [0.29, 0.717) is 169 Å². The van der Waals surface area contributed by atoms with Gasteiger partial charge in [-0.2, -0.15) is 15.0 Å². The number of piperazine rings is 1. The Morgan fingerprint density at radius 3 is 1.41 bits per heavy atom. The molecular formula is C69H116N14O24. The summed E-state index contributed by atoms with van der Waals surface area (Å²) in [5.41, 5.74) is 1.44. The number of ether oxygens (including phenoxy) is 8. The normalized spacial score (nSPS) is 15.6. The molecule has 38 nitrogen and oxygen atoms in total. The van der Waals surface area contributed by atoms with Gasteiger partial charge >= 0.3 is 47.8 Å². The number of hydrogen-bond donors (Lipinski definition) is 12.